The van der Waals surface area contributed by atoms with E-state index in [0.29, 0.717) is 25.7 Å². The number of rotatable bonds is 8. The summed E-state index contributed by atoms with van der Waals surface area (Å²) in [4.78, 5) is 37.9. The second-order valence-corrected chi connectivity index (χ2v) is 13.5. The zero-order valence-corrected chi connectivity index (χ0v) is 26.1. The molecule has 3 aliphatic rings. The predicted molar refractivity (Wildman–Crippen MR) is 161 cm³/mol. The van der Waals surface area contributed by atoms with E-state index >= 15 is 4.39 Å². The van der Waals surface area contributed by atoms with Crippen molar-refractivity contribution in [2.24, 2.45) is 33.2 Å². The van der Waals surface area contributed by atoms with Gasteiger partial charge in [0.25, 0.3) is 0 Å². The van der Waals surface area contributed by atoms with E-state index in [1.807, 2.05) is 6.92 Å². The van der Waals surface area contributed by atoms with Gasteiger partial charge in [0, 0.05) is 29.6 Å². The number of aliphatic hydroxyl groups is 1. The highest BCUT2D eigenvalue weighted by Gasteiger charge is 2.58. The van der Waals surface area contributed by atoms with Crippen LogP contribution in [0, 0.1) is 33.9 Å². The number of nitrogens with zero attached hydrogens (tertiary/aromatic N) is 2. The summed E-state index contributed by atoms with van der Waals surface area (Å²) in [6.45, 7) is 14.5. The molecule has 2 N–H and O–H groups in total. The number of halogens is 1. The van der Waals surface area contributed by atoms with Crippen LogP contribution in [0.25, 0.3) is 0 Å². The number of fused-ring (bicyclic) bond motifs is 3. The maximum Gasteiger partial charge on any atom is 0.477 e. The Bertz CT molecular complexity index is 1320. The van der Waals surface area contributed by atoms with E-state index in [-0.39, 0.29) is 39.8 Å². The van der Waals surface area contributed by atoms with Gasteiger partial charge in [-0.1, -0.05) is 33.8 Å². The van der Waals surface area contributed by atoms with E-state index in [1.54, 1.807) is 13.0 Å². The van der Waals surface area contributed by atoms with Crippen LogP contribution in [0.4, 0.5) is 4.39 Å². The quantitative estimate of drug-likeness (QED) is 0.265. The SMILES string of the molecule is C=C[C@]1(C)C[C@@H](OC(=O)COc2ccc3c(c2F)B(O)N(C(C)=O)N=C3)[C@@]2(C)C[C@](CCC(C)=O)(CC[C@H]2C)[C@@H](C)[C@@H]1O. The third kappa shape index (κ3) is 6.03. The summed E-state index contributed by atoms with van der Waals surface area (Å²) in [5.41, 5.74) is -1.43. The van der Waals surface area contributed by atoms with Gasteiger partial charge in [-0.15, -0.1) is 6.58 Å². The smallest absolute Gasteiger partial charge is 0.477 e. The molecule has 2 saturated carbocycles. The summed E-state index contributed by atoms with van der Waals surface area (Å²) in [6, 6.07) is 2.82. The molecule has 234 valence electrons. The minimum Gasteiger partial charge on any atom is -0.479 e. The number of benzene rings is 1. The summed E-state index contributed by atoms with van der Waals surface area (Å²) in [5.74, 6) is -2.24. The first-order valence-corrected chi connectivity index (χ1v) is 15.1. The van der Waals surface area contributed by atoms with Crippen LogP contribution in [-0.2, 0) is 19.1 Å². The number of hydrogen-bond donors (Lipinski definition) is 2. The number of carbonyl (C=O) groups excluding carboxylic acids is 3. The maximum absolute atomic E-state index is 15.4. The molecular formula is C32H44BFN2O7. The zero-order chi connectivity index (χ0) is 31.9. The lowest BCUT2D eigenvalue weighted by Gasteiger charge is -2.60. The maximum atomic E-state index is 15.4. The van der Waals surface area contributed by atoms with Crippen LogP contribution in [0.15, 0.2) is 29.9 Å². The number of amides is 1. The number of aliphatic hydroxyl groups excluding tert-OH is 1. The second kappa shape index (κ2) is 12.2. The largest absolute Gasteiger partial charge is 0.479 e. The monoisotopic (exact) mass is 598 g/mol. The third-order valence-corrected chi connectivity index (χ3v) is 10.8. The second-order valence-electron chi connectivity index (χ2n) is 13.5. The highest BCUT2D eigenvalue weighted by atomic mass is 19.1. The number of carbonyl (C=O) groups is 3. The molecule has 2 bridgehead atoms. The molecule has 2 aliphatic carbocycles. The standard InChI is InChI=1S/C32H44BFN2O7/c1-8-30(6)15-25(31(7)18-32(13-11-19(31)2,14-12-20(3)37)21(4)29(30)40)43-26(39)17-42-24-10-9-23-16-35-36(22(5)38)33(41)27(23)28(24)34/h8-10,16,19,21,25,29,40-41H,1,11-15,17-18H2,2-7H3/t19-,21+,25-,29+,30-,31+,32-/m1/s1. The summed E-state index contributed by atoms with van der Waals surface area (Å²) in [6.07, 6.45) is 5.47. The molecular weight excluding hydrogens is 554 g/mol. The van der Waals surface area contributed by atoms with Crippen LogP contribution in [-0.4, -0.2) is 64.8 Å². The molecule has 43 heavy (non-hydrogen) atoms. The summed E-state index contributed by atoms with van der Waals surface area (Å²) in [7, 11) is -1.63. The van der Waals surface area contributed by atoms with Crippen molar-refractivity contribution in [1.29, 1.82) is 0 Å². The van der Waals surface area contributed by atoms with Crippen molar-refractivity contribution >= 4 is 36.4 Å². The molecule has 2 fully saturated rings. The van der Waals surface area contributed by atoms with E-state index in [9.17, 15) is 24.5 Å². The van der Waals surface area contributed by atoms with Crippen molar-refractivity contribution in [1.82, 2.24) is 4.92 Å². The van der Waals surface area contributed by atoms with E-state index in [1.165, 1.54) is 25.3 Å². The van der Waals surface area contributed by atoms with Gasteiger partial charge < -0.3 is 24.4 Å². The van der Waals surface area contributed by atoms with Crippen molar-refractivity contribution in [3.63, 3.8) is 0 Å². The van der Waals surface area contributed by atoms with Crippen molar-refractivity contribution in [2.45, 2.75) is 92.3 Å². The zero-order valence-electron chi connectivity index (χ0n) is 26.1. The molecule has 1 heterocycles. The Morgan fingerprint density at radius 1 is 1.26 bits per heavy atom. The van der Waals surface area contributed by atoms with Gasteiger partial charge in [0.05, 0.1) is 12.3 Å². The van der Waals surface area contributed by atoms with E-state index in [2.05, 4.69) is 32.5 Å². The van der Waals surface area contributed by atoms with Crippen LogP contribution in [0.5, 0.6) is 5.75 Å². The third-order valence-electron chi connectivity index (χ3n) is 10.8. The van der Waals surface area contributed by atoms with Crippen molar-refractivity contribution in [2.75, 3.05) is 6.61 Å². The molecule has 7 atom stereocenters. The molecule has 1 aromatic rings. The number of Topliss-reactive ketones (excluding diaryl/α,β-unsaturated/α-hetero) is 1. The summed E-state index contributed by atoms with van der Waals surface area (Å²) in [5, 5.41) is 26.1. The number of ether oxygens (including phenoxy) is 2. The van der Waals surface area contributed by atoms with Gasteiger partial charge in [0.1, 0.15) is 11.9 Å². The number of esters is 1. The minimum absolute atomic E-state index is 0.104. The van der Waals surface area contributed by atoms with E-state index in [4.69, 9.17) is 9.47 Å². The lowest BCUT2D eigenvalue weighted by atomic mass is 9.47. The van der Waals surface area contributed by atoms with Crippen LogP contribution in [0.3, 0.4) is 0 Å². The number of hydrazone groups is 1. The molecule has 9 nitrogen and oxygen atoms in total. The average Bonchev–Trinajstić information content (AvgIpc) is 2.95. The average molecular weight is 599 g/mol. The molecule has 0 aromatic heterocycles. The van der Waals surface area contributed by atoms with Crippen molar-refractivity contribution in [3.8, 4) is 5.75 Å². The van der Waals surface area contributed by atoms with Gasteiger partial charge in [-0.3, -0.25) is 4.79 Å². The Morgan fingerprint density at radius 2 is 1.95 bits per heavy atom. The molecule has 11 heteroatoms. The Balaban J connectivity index is 1.59. The van der Waals surface area contributed by atoms with Gasteiger partial charge in [-0.25, -0.2) is 14.1 Å². The molecule has 1 aromatic carbocycles. The number of hydrogen-bond acceptors (Lipinski definition) is 8. The van der Waals surface area contributed by atoms with Crippen molar-refractivity contribution < 1.29 is 38.4 Å². The topological polar surface area (TPSA) is 126 Å². The Kier molecular flexibility index (Phi) is 9.29. The fraction of sp³-hybridized carbons (Fsp3) is 0.625. The minimum atomic E-state index is -1.63. The molecule has 1 aliphatic heterocycles. The molecule has 0 spiro atoms. The highest BCUT2D eigenvalue weighted by molar-refractivity contribution is 6.67. The Morgan fingerprint density at radius 3 is 2.58 bits per heavy atom. The fourth-order valence-corrected chi connectivity index (χ4v) is 7.55. The fourth-order valence-electron chi connectivity index (χ4n) is 7.55. The van der Waals surface area contributed by atoms with Crippen LogP contribution in [0.1, 0.15) is 85.6 Å². The van der Waals surface area contributed by atoms with E-state index in [0.717, 1.165) is 17.8 Å². The first-order chi connectivity index (χ1) is 20.1. The van der Waals surface area contributed by atoms with Gasteiger partial charge in [0.15, 0.2) is 18.2 Å². The first-order valence-electron chi connectivity index (χ1n) is 15.1. The van der Waals surface area contributed by atoms with Crippen LogP contribution < -0.4 is 10.2 Å². The molecule has 0 unspecified atom stereocenters. The molecule has 0 saturated heterocycles. The lowest BCUT2D eigenvalue weighted by molar-refractivity contribution is -0.190. The van der Waals surface area contributed by atoms with E-state index < -0.39 is 54.4 Å². The number of ketones is 1. The van der Waals surface area contributed by atoms with Crippen molar-refractivity contribution in [3.05, 3.63) is 36.2 Å². The lowest BCUT2D eigenvalue weighted by Crippen LogP contribution is -2.58. The molecule has 4 rings (SSSR count). The Hall–Kier alpha value is -3.05. The highest BCUT2D eigenvalue weighted by Crippen LogP contribution is 2.62. The molecule has 1 amide bonds. The first kappa shape index (κ1) is 32.9. The van der Waals surface area contributed by atoms with Gasteiger partial charge in [0.2, 0.25) is 5.91 Å². The predicted octanol–water partition coefficient (Wildman–Crippen LogP) is 3.77. The molecule has 0 radical (unpaired) electrons. The van der Waals surface area contributed by atoms with Crippen LogP contribution >= 0.6 is 0 Å². The Labute approximate surface area is 253 Å². The van der Waals surface area contributed by atoms with Gasteiger partial charge in [-0.05, 0) is 74.0 Å². The summed E-state index contributed by atoms with van der Waals surface area (Å²) < 4.78 is 27.1. The van der Waals surface area contributed by atoms with Gasteiger partial charge in [-0.2, -0.15) is 5.10 Å². The van der Waals surface area contributed by atoms with Crippen LogP contribution in [0.2, 0.25) is 0 Å². The van der Waals surface area contributed by atoms with Gasteiger partial charge >= 0.3 is 13.0 Å². The normalized spacial score (nSPS) is 33.6. The summed E-state index contributed by atoms with van der Waals surface area (Å²) >= 11 is 0.